The van der Waals surface area contributed by atoms with Crippen LogP contribution in [0.15, 0.2) is 48.0 Å². The molecule has 0 aliphatic carbocycles. The number of hydrogen-bond donors (Lipinski definition) is 3. The highest BCUT2D eigenvalue weighted by molar-refractivity contribution is 6.11. The predicted molar refractivity (Wildman–Crippen MR) is 114 cm³/mol. The van der Waals surface area contributed by atoms with Crippen LogP contribution in [0.3, 0.4) is 0 Å². The molecule has 0 radical (unpaired) electrons. The number of carboxylic acids is 1. The molecular weight excluding hydrogens is 404 g/mol. The number of carboxylic acid groups (broad SMARTS) is 1. The molecule has 0 heterocycles. The molecule has 2 aromatic carbocycles. The first-order valence-electron chi connectivity index (χ1n) is 9.07. The van der Waals surface area contributed by atoms with Crippen LogP contribution in [0.5, 0.6) is 11.5 Å². The van der Waals surface area contributed by atoms with Crippen molar-refractivity contribution in [3.8, 4) is 11.5 Å². The van der Waals surface area contributed by atoms with Crippen molar-refractivity contribution in [3.63, 3.8) is 0 Å². The number of carbonyl (C=O) groups excluding carboxylic acids is 3. The second kappa shape index (κ2) is 10.1. The molecule has 0 saturated carbocycles. The smallest absolute Gasteiger partial charge is 0.337 e. The van der Waals surface area contributed by atoms with Gasteiger partial charge in [-0.3, -0.25) is 14.4 Å². The number of rotatable bonds is 8. The van der Waals surface area contributed by atoms with E-state index in [9.17, 15) is 24.3 Å². The largest absolute Gasteiger partial charge is 0.493 e. The first kappa shape index (κ1) is 23.1. The highest BCUT2D eigenvalue weighted by Gasteiger charge is 2.19. The summed E-state index contributed by atoms with van der Waals surface area (Å²) in [5, 5.41) is 14.5. The number of carbonyl (C=O) groups is 4. The third kappa shape index (κ3) is 5.92. The number of benzene rings is 2. The van der Waals surface area contributed by atoms with Gasteiger partial charge in [0.2, 0.25) is 5.91 Å². The Morgan fingerprint density at radius 2 is 1.48 bits per heavy atom. The van der Waals surface area contributed by atoms with Crippen molar-refractivity contribution in [2.24, 2.45) is 0 Å². The quantitative estimate of drug-likeness (QED) is 0.436. The molecule has 0 spiro atoms. The Labute approximate surface area is 178 Å². The molecule has 9 heteroatoms. The number of nitrogens with one attached hydrogen (secondary N) is 2. The Kier molecular flexibility index (Phi) is 7.51. The molecule has 0 unspecified atom stereocenters. The minimum atomic E-state index is -1.27. The van der Waals surface area contributed by atoms with Crippen LogP contribution in [-0.4, -0.2) is 42.9 Å². The van der Waals surface area contributed by atoms with Crippen LogP contribution >= 0.6 is 0 Å². The lowest BCUT2D eigenvalue weighted by Crippen LogP contribution is -2.18. The van der Waals surface area contributed by atoms with E-state index in [0.717, 1.165) is 6.08 Å². The second-order valence-electron chi connectivity index (χ2n) is 6.46. The summed E-state index contributed by atoms with van der Waals surface area (Å²) in [5.41, 5.74) is 0.793. The molecule has 0 atom stereocenters. The van der Waals surface area contributed by atoms with E-state index in [2.05, 4.69) is 10.6 Å². The Bertz CT molecular complexity index is 1060. The van der Waals surface area contributed by atoms with E-state index in [4.69, 9.17) is 9.47 Å². The Morgan fingerprint density at radius 3 is 2.00 bits per heavy atom. The fourth-order valence-corrected chi connectivity index (χ4v) is 2.61. The minimum Gasteiger partial charge on any atom is -0.493 e. The van der Waals surface area contributed by atoms with Gasteiger partial charge in [0, 0.05) is 35.0 Å². The maximum absolute atomic E-state index is 12.5. The summed E-state index contributed by atoms with van der Waals surface area (Å²) in [6, 6.07) is 8.84. The van der Waals surface area contributed by atoms with Crippen LogP contribution in [0.4, 0.5) is 11.4 Å². The molecule has 9 nitrogen and oxygen atoms in total. The summed E-state index contributed by atoms with van der Waals surface area (Å²) < 4.78 is 10.2. The standard InChI is InChI=1S/C22H22N2O7/c1-12(9-20(26)23-15-7-5-14(6-8-15)13(2)25)21(27)24-17-11-19(31-4)18(30-3)10-16(17)22(28)29/h5-11H,1-4H3,(H,23,26)(H,24,27)(H,28,29)/b12-9+. The summed E-state index contributed by atoms with van der Waals surface area (Å²) in [4.78, 5) is 47.5. The molecule has 3 N–H and O–H groups in total. The van der Waals surface area contributed by atoms with Crippen molar-refractivity contribution < 1.29 is 33.8 Å². The monoisotopic (exact) mass is 426 g/mol. The molecule has 31 heavy (non-hydrogen) atoms. The average Bonchev–Trinajstić information content (AvgIpc) is 2.73. The number of ketones is 1. The maximum atomic E-state index is 12.5. The van der Waals surface area contributed by atoms with E-state index in [-0.39, 0.29) is 34.1 Å². The fraction of sp³-hybridized carbons (Fsp3) is 0.182. The van der Waals surface area contributed by atoms with Crippen molar-refractivity contribution in [1.29, 1.82) is 0 Å². The molecular formula is C22H22N2O7. The second-order valence-corrected chi connectivity index (χ2v) is 6.46. The third-order valence-corrected chi connectivity index (χ3v) is 4.27. The van der Waals surface area contributed by atoms with Crippen molar-refractivity contribution in [2.75, 3.05) is 24.9 Å². The van der Waals surface area contributed by atoms with Gasteiger partial charge in [0.15, 0.2) is 17.3 Å². The number of anilines is 2. The number of Topliss-reactive ketones (excluding diaryl/α,β-unsaturated/α-hetero) is 1. The molecule has 0 aliphatic heterocycles. The van der Waals surface area contributed by atoms with Gasteiger partial charge in [0.1, 0.15) is 0 Å². The van der Waals surface area contributed by atoms with Crippen LogP contribution in [0.25, 0.3) is 0 Å². The molecule has 0 aliphatic rings. The fourth-order valence-electron chi connectivity index (χ4n) is 2.61. The van der Waals surface area contributed by atoms with Crippen molar-refractivity contribution >= 4 is 34.9 Å². The molecule has 0 saturated heterocycles. The lowest BCUT2D eigenvalue weighted by molar-refractivity contribution is -0.114. The van der Waals surface area contributed by atoms with Crippen LogP contribution in [0.1, 0.15) is 34.6 Å². The molecule has 2 aromatic rings. The van der Waals surface area contributed by atoms with Gasteiger partial charge in [-0.15, -0.1) is 0 Å². The zero-order valence-electron chi connectivity index (χ0n) is 17.4. The van der Waals surface area contributed by atoms with E-state index < -0.39 is 17.8 Å². The van der Waals surface area contributed by atoms with Gasteiger partial charge in [0.25, 0.3) is 5.91 Å². The van der Waals surface area contributed by atoms with E-state index in [0.29, 0.717) is 11.3 Å². The van der Waals surface area contributed by atoms with Crippen LogP contribution in [-0.2, 0) is 9.59 Å². The van der Waals surface area contributed by atoms with Gasteiger partial charge in [-0.1, -0.05) is 0 Å². The molecule has 162 valence electrons. The summed E-state index contributed by atoms with van der Waals surface area (Å²) in [7, 11) is 2.74. The van der Waals surface area contributed by atoms with E-state index in [1.165, 1.54) is 40.2 Å². The summed E-state index contributed by atoms with van der Waals surface area (Å²) in [6.07, 6.45) is 1.08. The number of methoxy groups -OCH3 is 2. The van der Waals surface area contributed by atoms with Gasteiger partial charge < -0.3 is 25.2 Å². The van der Waals surface area contributed by atoms with Crippen molar-refractivity contribution in [1.82, 2.24) is 0 Å². The highest BCUT2D eigenvalue weighted by atomic mass is 16.5. The Morgan fingerprint density at radius 1 is 0.903 bits per heavy atom. The van der Waals surface area contributed by atoms with Gasteiger partial charge >= 0.3 is 5.97 Å². The summed E-state index contributed by atoms with van der Waals surface area (Å²) >= 11 is 0. The Balaban J connectivity index is 2.17. The minimum absolute atomic E-state index is 0.0110. The normalized spacial score (nSPS) is 10.8. The molecule has 2 rings (SSSR count). The van der Waals surface area contributed by atoms with Gasteiger partial charge in [-0.05, 0) is 38.1 Å². The third-order valence-electron chi connectivity index (χ3n) is 4.27. The zero-order chi connectivity index (χ0) is 23.1. The van der Waals surface area contributed by atoms with E-state index in [1.54, 1.807) is 24.3 Å². The summed E-state index contributed by atoms with van der Waals surface area (Å²) in [5.74, 6) is -2.17. The van der Waals surface area contributed by atoms with Crippen LogP contribution in [0, 0.1) is 0 Å². The maximum Gasteiger partial charge on any atom is 0.337 e. The first-order valence-corrected chi connectivity index (χ1v) is 9.07. The number of aromatic carboxylic acids is 1. The molecule has 0 bridgehead atoms. The number of amides is 2. The number of ether oxygens (including phenoxy) is 2. The zero-order valence-corrected chi connectivity index (χ0v) is 17.4. The highest BCUT2D eigenvalue weighted by Crippen LogP contribution is 2.33. The lowest BCUT2D eigenvalue weighted by atomic mass is 10.1. The lowest BCUT2D eigenvalue weighted by Gasteiger charge is -2.14. The molecule has 2 amide bonds. The SMILES string of the molecule is COc1cc(NC(=O)/C(C)=C/C(=O)Nc2ccc(C(C)=O)cc2)c(C(=O)O)cc1OC. The molecule has 0 aromatic heterocycles. The van der Waals surface area contributed by atoms with E-state index >= 15 is 0 Å². The van der Waals surface area contributed by atoms with E-state index in [1.807, 2.05) is 0 Å². The topological polar surface area (TPSA) is 131 Å². The van der Waals surface area contributed by atoms with Gasteiger partial charge in [-0.2, -0.15) is 0 Å². The van der Waals surface area contributed by atoms with Crippen molar-refractivity contribution in [3.05, 3.63) is 59.2 Å². The predicted octanol–water partition coefficient (Wildman–Crippen LogP) is 3.13. The molecule has 0 fully saturated rings. The number of hydrogen-bond acceptors (Lipinski definition) is 6. The van der Waals surface area contributed by atoms with Crippen molar-refractivity contribution in [2.45, 2.75) is 13.8 Å². The van der Waals surface area contributed by atoms with Crippen LogP contribution in [0.2, 0.25) is 0 Å². The van der Waals surface area contributed by atoms with Gasteiger partial charge in [-0.25, -0.2) is 4.79 Å². The first-order chi connectivity index (χ1) is 14.7. The van der Waals surface area contributed by atoms with Gasteiger partial charge in [0.05, 0.1) is 25.5 Å². The Hall–Kier alpha value is -4.14. The summed E-state index contributed by atoms with van der Waals surface area (Å²) in [6.45, 7) is 2.85. The average molecular weight is 426 g/mol. The van der Waals surface area contributed by atoms with Crippen LogP contribution < -0.4 is 20.1 Å².